The summed E-state index contributed by atoms with van der Waals surface area (Å²) in [5.41, 5.74) is 0.529. The molecule has 0 aliphatic heterocycles. The zero-order valence-electron chi connectivity index (χ0n) is 7.70. The first-order chi connectivity index (χ1) is 6.86. The lowest BCUT2D eigenvalue weighted by Gasteiger charge is -1.94. The predicted molar refractivity (Wildman–Crippen MR) is 47.9 cm³/mol. The third-order valence-corrected chi connectivity index (χ3v) is 1.19. The van der Waals surface area contributed by atoms with Gasteiger partial charge in [-0.05, 0) is 12.1 Å². The Kier molecular flexibility index (Phi) is 5.16. The van der Waals surface area contributed by atoms with Crippen molar-refractivity contribution in [2.24, 2.45) is 0 Å². The lowest BCUT2D eigenvalue weighted by atomic mass is 10.3. The van der Waals surface area contributed by atoms with Crippen molar-refractivity contribution in [3.63, 3.8) is 0 Å². The molecule has 0 spiro atoms. The van der Waals surface area contributed by atoms with Crippen LogP contribution in [-0.2, 0) is 0 Å². The average molecular weight is 223 g/mol. The zero-order chi connectivity index (χ0) is 11.9. The predicted octanol–water partition coefficient (Wildman–Crippen LogP) is 3.48. The van der Waals surface area contributed by atoms with Crippen molar-refractivity contribution >= 4 is 12.9 Å². The van der Waals surface area contributed by atoms with Gasteiger partial charge in [0.25, 0.3) is 0 Å². The van der Waals surface area contributed by atoms with Crippen LogP contribution in [0.25, 0.3) is 4.98 Å². The number of methoxy groups -OCH3 is 1. The first-order valence-electron chi connectivity index (χ1n) is 3.73. The molecule has 1 rings (SSSR count). The maximum Gasteiger partial charge on any atom is 0.673 e. The standard InChI is InChI=1S/C7H7N2O.BF4/c1-10-7-4-2-6(9-8)3-5-7;2-1(3,4)5/h2-5H,1H3;/q+1;-1/i9+1;. The van der Waals surface area contributed by atoms with Gasteiger partial charge in [0.15, 0.2) is 4.98 Å². The largest absolute Gasteiger partial charge is 0.673 e. The summed E-state index contributed by atoms with van der Waals surface area (Å²) in [5.74, 6) is 0.757. The number of rotatable bonds is 1. The van der Waals surface area contributed by atoms with Crippen molar-refractivity contribution in [2.45, 2.75) is 0 Å². The van der Waals surface area contributed by atoms with Gasteiger partial charge in [-0.2, -0.15) is 0 Å². The SMILES string of the molecule is COc1ccc([15N+]#N)cc1.F[B-](F)(F)F. The first-order valence-corrected chi connectivity index (χ1v) is 3.73. The van der Waals surface area contributed by atoms with E-state index in [1.807, 2.05) is 0 Å². The topological polar surface area (TPSA) is 37.4 Å². The van der Waals surface area contributed by atoms with E-state index >= 15 is 0 Å². The molecule has 0 fully saturated rings. The van der Waals surface area contributed by atoms with E-state index in [0.717, 1.165) is 5.75 Å². The van der Waals surface area contributed by atoms with Gasteiger partial charge in [-0.1, -0.05) is 0 Å². The molecular weight excluding hydrogens is 216 g/mol. The molecule has 0 saturated heterocycles. The zero-order valence-corrected chi connectivity index (χ0v) is 7.70. The third-order valence-electron chi connectivity index (χ3n) is 1.19. The normalized spacial score (nSPS) is 9.60. The van der Waals surface area contributed by atoms with Crippen molar-refractivity contribution in [1.29, 1.82) is 5.39 Å². The number of ether oxygens (including phenoxy) is 1. The van der Waals surface area contributed by atoms with Gasteiger partial charge >= 0.3 is 12.9 Å². The highest BCUT2D eigenvalue weighted by atomic mass is 19.5. The summed E-state index contributed by atoms with van der Waals surface area (Å²) in [5, 5.41) is 8.29. The summed E-state index contributed by atoms with van der Waals surface area (Å²) in [4.78, 5) is 2.99. The highest BCUT2D eigenvalue weighted by Crippen LogP contribution is 2.16. The molecule has 82 valence electrons. The van der Waals surface area contributed by atoms with E-state index in [-0.39, 0.29) is 0 Å². The highest BCUT2D eigenvalue weighted by Gasteiger charge is 2.20. The summed E-state index contributed by atoms with van der Waals surface area (Å²) in [7, 11) is -4.41. The Balaban J connectivity index is 0.000000336. The first kappa shape index (κ1) is 13.2. The van der Waals surface area contributed by atoms with Crippen LogP contribution >= 0.6 is 0 Å². The molecule has 0 saturated carbocycles. The van der Waals surface area contributed by atoms with Gasteiger partial charge in [0.2, 0.25) is 5.39 Å². The minimum Gasteiger partial charge on any atom is -0.497 e. The maximum atomic E-state index is 9.75. The molecule has 1 aromatic carbocycles. The Morgan fingerprint density at radius 3 is 1.80 bits per heavy atom. The number of benzene rings is 1. The van der Waals surface area contributed by atoms with Crippen LogP contribution in [0.4, 0.5) is 23.0 Å². The van der Waals surface area contributed by atoms with Crippen LogP contribution in [0.5, 0.6) is 5.75 Å². The van der Waals surface area contributed by atoms with E-state index < -0.39 is 7.25 Å². The van der Waals surface area contributed by atoms with Crippen molar-refractivity contribution in [3.8, 4) is 5.75 Å². The monoisotopic (exact) mass is 223 g/mol. The molecule has 0 aliphatic rings. The number of diazo groups is 1. The number of hydrogen-bond acceptors (Lipinski definition) is 2. The van der Waals surface area contributed by atoms with E-state index in [1.165, 1.54) is 0 Å². The molecular formula is C7H7BF4N2O. The Hall–Kier alpha value is -1.78. The van der Waals surface area contributed by atoms with Crippen LogP contribution in [0.15, 0.2) is 24.3 Å². The van der Waals surface area contributed by atoms with Gasteiger partial charge in [-0.3, -0.25) is 0 Å². The Labute approximate surface area is 83.4 Å². The second kappa shape index (κ2) is 5.85. The molecule has 0 unspecified atom stereocenters. The second-order valence-electron chi connectivity index (χ2n) is 2.29. The molecule has 0 heterocycles. The molecule has 0 atom stereocenters. The average Bonchev–Trinajstić information content (AvgIpc) is 2.15. The minimum atomic E-state index is -6.00. The van der Waals surface area contributed by atoms with Crippen molar-refractivity contribution in [1.82, 2.24) is 0 Å². The fourth-order valence-corrected chi connectivity index (χ4v) is 0.649. The Morgan fingerprint density at radius 1 is 1.13 bits per heavy atom. The molecule has 1 aromatic rings. The summed E-state index contributed by atoms with van der Waals surface area (Å²) in [6, 6.07) is 6.79. The minimum absolute atomic E-state index is 0.529. The molecule has 15 heavy (non-hydrogen) atoms. The molecule has 0 bridgehead atoms. The Morgan fingerprint density at radius 2 is 1.53 bits per heavy atom. The molecule has 0 amide bonds. The molecule has 0 N–H and O–H groups in total. The fourth-order valence-electron chi connectivity index (χ4n) is 0.649. The molecule has 8 heteroatoms. The van der Waals surface area contributed by atoms with E-state index in [2.05, 4.69) is 4.98 Å². The Bertz CT molecular complexity index is 326. The van der Waals surface area contributed by atoms with E-state index in [0.29, 0.717) is 5.69 Å². The van der Waals surface area contributed by atoms with Crippen molar-refractivity contribution in [2.75, 3.05) is 7.11 Å². The lowest BCUT2D eigenvalue weighted by Crippen LogP contribution is -2.02. The summed E-state index contributed by atoms with van der Waals surface area (Å²) >= 11 is 0. The van der Waals surface area contributed by atoms with E-state index in [4.69, 9.17) is 10.1 Å². The van der Waals surface area contributed by atoms with Crippen molar-refractivity contribution in [3.05, 3.63) is 29.2 Å². The lowest BCUT2D eigenvalue weighted by molar-refractivity contribution is 0.368. The maximum absolute atomic E-state index is 9.75. The van der Waals surface area contributed by atoms with E-state index in [9.17, 15) is 17.3 Å². The van der Waals surface area contributed by atoms with E-state index in [1.54, 1.807) is 31.4 Å². The van der Waals surface area contributed by atoms with Gasteiger partial charge in [0.1, 0.15) is 5.75 Å². The van der Waals surface area contributed by atoms with Gasteiger partial charge in [0, 0.05) is 12.1 Å². The van der Waals surface area contributed by atoms with Gasteiger partial charge in [-0.15, -0.1) is 0 Å². The molecule has 0 aromatic heterocycles. The van der Waals surface area contributed by atoms with Crippen LogP contribution in [0.2, 0.25) is 0 Å². The van der Waals surface area contributed by atoms with Crippen LogP contribution in [-0.4, -0.2) is 14.4 Å². The summed E-state index contributed by atoms with van der Waals surface area (Å²) in [6.45, 7) is 0. The third kappa shape index (κ3) is 8.55. The highest BCUT2D eigenvalue weighted by molar-refractivity contribution is 6.50. The second-order valence-corrected chi connectivity index (χ2v) is 2.29. The molecule has 0 radical (unpaired) electrons. The quantitative estimate of drug-likeness (QED) is 0.316. The van der Waals surface area contributed by atoms with Gasteiger partial charge in [0.05, 0.1) is 7.11 Å². The van der Waals surface area contributed by atoms with Crippen molar-refractivity contribution < 1.29 is 22.0 Å². The van der Waals surface area contributed by atoms with Gasteiger partial charge in [-0.25, -0.2) is 0 Å². The molecule has 0 aliphatic carbocycles. The molecule has 3 nitrogen and oxygen atoms in total. The number of hydrogen-bond donors (Lipinski definition) is 0. The van der Waals surface area contributed by atoms with Crippen LogP contribution in [0.1, 0.15) is 0 Å². The smallest absolute Gasteiger partial charge is 0.497 e. The van der Waals surface area contributed by atoms with Crippen LogP contribution in [0, 0.1) is 5.39 Å². The number of nitrogens with zero attached hydrogens (tertiary/aromatic N) is 2. The van der Waals surface area contributed by atoms with Gasteiger partial charge < -0.3 is 22.0 Å². The fraction of sp³-hybridized carbons (Fsp3) is 0.143. The van der Waals surface area contributed by atoms with Crippen LogP contribution in [0.3, 0.4) is 0 Å². The summed E-state index contributed by atoms with van der Waals surface area (Å²) in [6.07, 6.45) is 0. The van der Waals surface area contributed by atoms with Crippen LogP contribution < -0.4 is 4.74 Å². The summed E-state index contributed by atoms with van der Waals surface area (Å²) < 4.78 is 43.9. The number of halogens is 4.